The molecule has 1 aromatic heterocycles. The van der Waals surface area contributed by atoms with E-state index in [2.05, 4.69) is 20.8 Å². The lowest BCUT2D eigenvalue weighted by Gasteiger charge is -2.14. The predicted molar refractivity (Wildman–Crippen MR) is 169 cm³/mol. The van der Waals surface area contributed by atoms with Crippen LogP contribution in [0.4, 0.5) is 0 Å². The molecule has 3 aromatic carbocycles. The molecule has 0 fully saturated rings. The summed E-state index contributed by atoms with van der Waals surface area (Å²) in [5.74, 6) is 0.805. The summed E-state index contributed by atoms with van der Waals surface area (Å²) in [5, 5.41) is 34.6. The summed E-state index contributed by atoms with van der Waals surface area (Å²) in [5.41, 5.74) is 5.60. The molecule has 0 saturated carbocycles. The van der Waals surface area contributed by atoms with Gasteiger partial charge in [-0.1, -0.05) is 41.4 Å². The van der Waals surface area contributed by atoms with E-state index in [-0.39, 0.29) is 36.3 Å². The predicted octanol–water partition coefficient (Wildman–Crippen LogP) is 4.19. The van der Waals surface area contributed by atoms with Gasteiger partial charge in [-0.05, 0) is 61.7 Å². The fourth-order valence-corrected chi connectivity index (χ4v) is 5.77. The Bertz CT molecular complexity index is 1860. The number of benzene rings is 3. The minimum absolute atomic E-state index is 0.0604. The number of rotatable bonds is 9. The third kappa shape index (κ3) is 6.12. The maximum atomic E-state index is 13.2. The Morgan fingerprint density at radius 2 is 1.84 bits per heavy atom. The quantitative estimate of drug-likeness (QED) is 0.203. The molecule has 0 unspecified atom stereocenters. The summed E-state index contributed by atoms with van der Waals surface area (Å²) in [7, 11) is 1.60. The second-order valence-electron chi connectivity index (χ2n) is 10.9. The van der Waals surface area contributed by atoms with Gasteiger partial charge in [0.1, 0.15) is 17.6 Å². The molecule has 2 amide bonds. The van der Waals surface area contributed by atoms with E-state index >= 15 is 0 Å². The molecule has 11 nitrogen and oxygen atoms in total. The van der Waals surface area contributed by atoms with Crippen molar-refractivity contribution >= 4 is 35.2 Å². The molecule has 4 aromatic rings. The van der Waals surface area contributed by atoms with Crippen molar-refractivity contribution in [2.45, 2.75) is 32.2 Å². The van der Waals surface area contributed by atoms with Gasteiger partial charge in [0.05, 0.1) is 31.5 Å². The molecule has 6 rings (SSSR count). The van der Waals surface area contributed by atoms with Crippen LogP contribution >= 0.6 is 11.6 Å². The van der Waals surface area contributed by atoms with Gasteiger partial charge in [0.15, 0.2) is 17.3 Å². The number of hydrogen-bond acceptors (Lipinski definition) is 8. The highest BCUT2D eigenvalue weighted by atomic mass is 35.5. The molecule has 0 radical (unpaired) electrons. The van der Waals surface area contributed by atoms with E-state index in [1.165, 1.54) is 6.07 Å². The highest BCUT2D eigenvalue weighted by molar-refractivity contribution is 6.30. The molecule has 45 heavy (non-hydrogen) atoms. The Labute approximate surface area is 264 Å². The fraction of sp³-hybridized carbons (Fsp3) is 0.242. The summed E-state index contributed by atoms with van der Waals surface area (Å²) in [6.45, 7) is 2.01. The summed E-state index contributed by atoms with van der Waals surface area (Å²) in [4.78, 5) is 30.8. The molecule has 230 valence electrons. The normalized spacial score (nSPS) is 14.8. The third-order valence-corrected chi connectivity index (χ3v) is 8.15. The summed E-state index contributed by atoms with van der Waals surface area (Å²) >= 11 is 6.17. The lowest BCUT2D eigenvalue weighted by Crippen LogP contribution is -2.37. The SMILES string of the molecule is COc1ccc2c(c1)C(c1ccc(Cl)cc1)=N[C@@H](CC(=O)NCC(=O)NCCC1=Cc3c(ccc(O)c3O)C1)c1nnc(C)n1-2. The van der Waals surface area contributed by atoms with Gasteiger partial charge in [-0.15, -0.1) is 10.2 Å². The van der Waals surface area contributed by atoms with Crippen LogP contribution in [0, 0.1) is 6.92 Å². The van der Waals surface area contributed by atoms with Gasteiger partial charge in [-0.25, -0.2) is 0 Å². The van der Waals surface area contributed by atoms with Crippen LogP contribution in [0.15, 0.2) is 65.2 Å². The van der Waals surface area contributed by atoms with Crippen molar-refractivity contribution in [3.8, 4) is 22.9 Å². The van der Waals surface area contributed by atoms with Crippen LogP contribution in [0.25, 0.3) is 11.8 Å². The molecule has 0 spiro atoms. The number of carbonyl (C=O) groups excluding carboxylic acids is 2. The van der Waals surface area contributed by atoms with E-state index in [4.69, 9.17) is 21.3 Å². The minimum Gasteiger partial charge on any atom is -0.504 e. The van der Waals surface area contributed by atoms with E-state index in [1.807, 2.05) is 47.9 Å². The Morgan fingerprint density at radius 1 is 1.04 bits per heavy atom. The number of ether oxygens (including phenoxy) is 1. The number of aliphatic imine (C=N–C) groups is 1. The monoisotopic (exact) mass is 626 g/mol. The largest absolute Gasteiger partial charge is 0.504 e. The zero-order chi connectivity index (χ0) is 31.7. The number of aromatic hydroxyl groups is 2. The van der Waals surface area contributed by atoms with Crippen LogP contribution in [0.5, 0.6) is 17.2 Å². The molecule has 1 aliphatic carbocycles. The summed E-state index contributed by atoms with van der Waals surface area (Å²) in [6, 6.07) is 15.5. The van der Waals surface area contributed by atoms with Crippen molar-refractivity contribution in [3.63, 3.8) is 0 Å². The molecular formula is C33H31ClN6O5. The topological polar surface area (TPSA) is 151 Å². The van der Waals surface area contributed by atoms with E-state index in [0.29, 0.717) is 53.1 Å². The number of nitrogens with one attached hydrogen (secondary N) is 2. The smallest absolute Gasteiger partial charge is 0.239 e. The molecule has 0 bridgehead atoms. The number of methoxy groups -OCH3 is 1. The first-order valence-electron chi connectivity index (χ1n) is 14.4. The van der Waals surface area contributed by atoms with Crippen molar-refractivity contribution in [2.75, 3.05) is 20.2 Å². The van der Waals surface area contributed by atoms with Gasteiger partial charge in [-0.3, -0.25) is 19.1 Å². The molecular weight excluding hydrogens is 596 g/mol. The molecule has 2 aliphatic rings. The van der Waals surface area contributed by atoms with Gasteiger partial charge in [-0.2, -0.15) is 0 Å². The highest BCUT2D eigenvalue weighted by Gasteiger charge is 2.30. The van der Waals surface area contributed by atoms with Crippen LogP contribution < -0.4 is 15.4 Å². The van der Waals surface area contributed by atoms with Crippen LogP contribution in [0.3, 0.4) is 0 Å². The fourth-order valence-electron chi connectivity index (χ4n) is 5.64. The Kier molecular flexibility index (Phi) is 8.27. The number of phenolic OH excluding ortho intramolecular Hbond substituents is 2. The van der Waals surface area contributed by atoms with E-state index in [1.54, 1.807) is 25.3 Å². The number of amides is 2. The average Bonchev–Trinajstić information content (AvgIpc) is 3.60. The summed E-state index contributed by atoms with van der Waals surface area (Å²) < 4.78 is 7.40. The highest BCUT2D eigenvalue weighted by Crippen LogP contribution is 2.38. The number of nitrogens with zero attached hydrogens (tertiary/aromatic N) is 4. The number of fused-ring (bicyclic) bond motifs is 4. The van der Waals surface area contributed by atoms with Crippen molar-refractivity contribution < 1.29 is 24.5 Å². The molecule has 0 saturated heterocycles. The molecule has 2 heterocycles. The van der Waals surface area contributed by atoms with Crippen LogP contribution in [-0.2, 0) is 16.0 Å². The van der Waals surface area contributed by atoms with Crippen molar-refractivity contribution in [1.82, 2.24) is 25.4 Å². The first kappa shape index (κ1) is 29.9. The van der Waals surface area contributed by atoms with E-state index in [9.17, 15) is 19.8 Å². The number of carbonyl (C=O) groups is 2. The second-order valence-corrected chi connectivity index (χ2v) is 11.3. The Morgan fingerprint density at radius 3 is 2.62 bits per heavy atom. The van der Waals surface area contributed by atoms with E-state index < -0.39 is 6.04 Å². The number of hydrogen-bond donors (Lipinski definition) is 4. The molecule has 4 N–H and O–H groups in total. The van der Waals surface area contributed by atoms with Gasteiger partial charge < -0.3 is 25.6 Å². The van der Waals surface area contributed by atoms with Crippen molar-refractivity contribution in [3.05, 3.63) is 99.1 Å². The number of aromatic nitrogens is 3. The van der Waals surface area contributed by atoms with Gasteiger partial charge >= 0.3 is 0 Å². The molecule has 1 atom stereocenters. The minimum atomic E-state index is -0.690. The average molecular weight is 627 g/mol. The van der Waals surface area contributed by atoms with Gasteiger partial charge in [0, 0.05) is 28.3 Å². The first-order chi connectivity index (χ1) is 21.7. The number of halogens is 1. The second kappa shape index (κ2) is 12.4. The third-order valence-electron chi connectivity index (χ3n) is 7.90. The maximum absolute atomic E-state index is 13.2. The van der Waals surface area contributed by atoms with Gasteiger partial charge in [0.25, 0.3) is 0 Å². The van der Waals surface area contributed by atoms with E-state index in [0.717, 1.165) is 28.0 Å². The lowest BCUT2D eigenvalue weighted by atomic mass is 10.00. The van der Waals surface area contributed by atoms with Crippen molar-refractivity contribution in [1.29, 1.82) is 0 Å². The number of aryl methyl sites for hydroxylation is 1. The van der Waals surface area contributed by atoms with Crippen LogP contribution in [0.2, 0.25) is 5.02 Å². The van der Waals surface area contributed by atoms with Crippen molar-refractivity contribution in [2.24, 2.45) is 4.99 Å². The van der Waals surface area contributed by atoms with Crippen LogP contribution in [-0.4, -0.2) is 62.7 Å². The van der Waals surface area contributed by atoms with Gasteiger partial charge in [0.2, 0.25) is 11.8 Å². The lowest BCUT2D eigenvalue weighted by molar-refractivity contribution is -0.126. The maximum Gasteiger partial charge on any atom is 0.239 e. The zero-order valence-corrected chi connectivity index (χ0v) is 25.4. The first-order valence-corrected chi connectivity index (χ1v) is 14.8. The Hall–Kier alpha value is -5.16. The zero-order valence-electron chi connectivity index (χ0n) is 24.7. The number of phenols is 2. The molecule has 12 heteroatoms. The Balaban J connectivity index is 1.14. The standard InChI is InChI=1S/C33H31ClN6O5/c1-18-38-39-33-26(37-31(20-3-6-22(34)7-4-20)25-15-23(45-2)8-9-27(25)40(18)33)16-29(42)36-17-30(43)35-12-11-19-13-21-5-10-28(41)32(44)24(21)14-19/h3-10,14-15,26,41,44H,11-13,16-17H2,1-2H3,(H,35,43)(H,36,42)/t26-/m0/s1. The summed E-state index contributed by atoms with van der Waals surface area (Å²) in [6.07, 6.45) is 2.98. The van der Waals surface area contributed by atoms with Crippen LogP contribution in [0.1, 0.15) is 52.8 Å². The molecule has 1 aliphatic heterocycles.